The highest BCUT2D eigenvalue weighted by Crippen LogP contribution is 2.20. The summed E-state index contributed by atoms with van der Waals surface area (Å²) < 4.78 is 1.75. The molecule has 0 amide bonds. The fourth-order valence-corrected chi connectivity index (χ4v) is 2.45. The fourth-order valence-electron chi connectivity index (χ4n) is 2.08. The van der Waals surface area contributed by atoms with Crippen LogP contribution in [0.3, 0.4) is 0 Å². The van der Waals surface area contributed by atoms with E-state index in [1.54, 1.807) is 22.9 Å². The minimum Gasteiger partial charge on any atom is -0.280 e. The first-order valence-corrected chi connectivity index (χ1v) is 6.52. The molecule has 96 valence electrons. The van der Waals surface area contributed by atoms with Crippen LogP contribution in [0.15, 0.2) is 47.3 Å². The largest absolute Gasteiger partial charge is 0.280 e. The van der Waals surface area contributed by atoms with E-state index in [4.69, 9.17) is 23.2 Å². The monoisotopic (exact) mass is 292 g/mol. The fraction of sp³-hybridized carbons (Fsp3) is 0.0714. The lowest BCUT2D eigenvalue weighted by molar-refractivity contribution is 0.703. The molecule has 3 rings (SSSR count). The van der Waals surface area contributed by atoms with Crippen molar-refractivity contribution in [3.8, 4) is 0 Å². The maximum atomic E-state index is 11.8. The van der Waals surface area contributed by atoms with Gasteiger partial charge in [0, 0.05) is 10.0 Å². The zero-order chi connectivity index (χ0) is 13.4. The lowest BCUT2D eigenvalue weighted by atomic mass is 10.2. The van der Waals surface area contributed by atoms with Gasteiger partial charge in [-0.3, -0.25) is 14.6 Å². The Morgan fingerprint density at radius 2 is 1.89 bits per heavy atom. The Balaban J connectivity index is 2.14. The molecule has 0 aliphatic rings. The number of benzene rings is 2. The third kappa shape index (κ3) is 2.27. The van der Waals surface area contributed by atoms with Crippen molar-refractivity contribution in [2.45, 2.75) is 6.54 Å². The molecule has 1 heterocycles. The van der Waals surface area contributed by atoms with Gasteiger partial charge in [-0.1, -0.05) is 41.4 Å². The standard InChI is InChI=1S/C14H10Cl2N2O/c15-10-5-6-11-13(7-10)18(17-14(11)19)8-9-3-1-2-4-12(9)16/h1-7H,8H2,(H,17,19). The highest BCUT2D eigenvalue weighted by atomic mass is 35.5. The molecule has 0 aliphatic heterocycles. The molecule has 19 heavy (non-hydrogen) atoms. The molecule has 5 heteroatoms. The summed E-state index contributed by atoms with van der Waals surface area (Å²) in [4.78, 5) is 11.8. The molecular formula is C14H10Cl2N2O. The van der Waals surface area contributed by atoms with Crippen LogP contribution in [-0.4, -0.2) is 9.78 Å². The quantitative estimate of drug-likeness (QED) is 0.769. The van der Waals surface area contributed by atoms with Crippen molar-refractivity contribution in [2.24, 2.45) is 0 Å². The summed E-state index contributed by atoms with van der Waals surface area (Å²) in [5, 5.41) is 4.69. The van der Waals surface area contributed by atoms with Crippen molar-refractivity contribution in [2.75, 3.05) is 0 Å². The lowest BCUT2D eigenvalue weighted by Gasteiger charge is -2.06. The number of H-pyrrole nitrogens is 1. The minimum absolute atomic E-state index is 0.126. The van der Waals surface area contributed by atoms with E-state index in [9.17, 15) is 4.79 Å². The molecular weight excluding hydrogens is 283 g/mol. The van der Waals surface area contributed by atoms with E-state index in [1.807, 2.05) is 24.3 Å². The van der Waals surface area contributed by atoms with E-state index >= 15 is 0 Å². The Kier molecular flexibility index (Phi) is 3.09. The van der Waals surface area contributed by atoms with Crippen LogP contribution in [0.25, 0.3) is 10.9 Å². The number of aromatic amines is 1. The van der Waals surface area contributed by atoms with Crippen LogP contribution in [0.1, 0.15) is 5.56 Å². The number of nitrogens with one attached hydrogen (secondary N) is 1. The van der Waals surface area contributed by atoms with E-state index in [0.29, 0.717) is 22.0 Å². The molecule has 0 saturated carbocycles. The summed E-state index contributed by atoms with van der Waals surface area (Å²) in [6.45, 7) is 0.499. The van der Waals surface area contributed by atoms with Gasteiger partial charge in [0.1, 0.15) is 0 Å². The average Bonchev–Trinajstić information content (AvgIpc) is 2.69. The van der Waals surface area contributed by atoms with Gasteiger partial charge in [0.25, 0.3) is 5.56 Å². The molecule has 1 N–H and O–H groups in total. The average molecular weight is 293 g/mol. The van der Waals surface area contributed by atoms with E-state index in [0.717, 1.165) is 11.1 Å². The zero-order valence-electron chi connectivity index (χ0n) is 9.86. The number of hydrogen-bond acceptors (Lipinski definition) is 1. The first kappa shape index (κ1) is 12.3. The second kappa shape index (κ2) is 4.76. The van der Waals surface area contributed by atoms with Crippen molar-refractivity contribution >= 4 is 34.1 Å². The first-order chi connectivity index (χ1) is 9.15. The van der Waals surface area contributed by atoms with Crippen LogP contribution < -0.4 is 5.56 Å². The maximum absolute atomic E-state index is 11.8. The molecule has 3 nitrogen and oxygen atoms in total. The number of rotatable bonds is 2. The smallest absolute Gasteiger partial charge is 0.271 e. The Bertz CT molecular complexity index is 805. The van der Waals surface area contributed by atoms with Gasteiger partial charge in [-0.25, -0.2) is 0 Å². The molecule has 0 bridgehead atoms. The second-order valence-corrected chi connectivity index (χ2v) is 5.12. The van der Waals surface area contributed by atoms with Crippen LogP contribution in [0.4, 0.5) is 0 Å². The van der Waals surface area contributed by atoms with Gasteiger partial charge in [-0.15, -0.1) is 0 Å². The number of aromatic nitrogens is 2. The predicted molar refractivity (Wildman–Crippen MR) is 78.1 cm³/mol. The summed E-state index contributed by atoms with van der Waals surface area (Å²) in [6.07, 6.45) is 0. The number of fused-ring (bicyclic) bond motifs is 1. The summed E-state index contributed by atoms with van der Waals surface area (Å²) in [6, 6.07) is 12.7. The Morgan fingerprint density at radius 1 is 1.11 bits per heavy atom. The second-order valence-electron chi connectivity index (χ2n) is 4.28. The summed E-state index contributed by atoms with van der Waals surface area (Å²) in [5.74, 6) is 0. The van der Waals surface area contributed by atoms with Crippen LogP contribution in [0.5, 0.6) is 0 Å². The molecule has 1 aromatic heterocycles. The van der Waals surface area contributed by atoms with Gasteiger partial charge in [0.05, 0.1) is 17.4 Å². The highest BCUT2D eigenvalue weighted by Gasteiger charge is 2.08. The number of hydrogen-bond donors (Lipinski definition) is 1. The van der Waals surface area contributed by atoms with Crippen molar-refractivity contribution in [3.05, 3.63) is 68.4 Å². The SMILES string of the molecule is O=c1[nH]n(Cc2ccccc2Cl)c2cc(Cl)ccc12. The van der Waals surface area contributed by atoms with E-state index in [2.05, 4.69) is 5.10 Å². The Labute approximate surface area is 119 Å². The highest BCUT2D eigenvalue weighted by molar-refractivity contribution is 6.31. The predicted octanol–water partition coefficient (Wildman–Crippen LogP) is 3.68. The summed E-state index contributed by atoms with van der Waals surface area (Å²) in [7, 11) is 0. The Hall–Kier alpha value is -1.71. The molecule has 3 aromatic rings. The van der Waals surface area contributed by atoms with E-state index in [-0.39, 0.29) is 5.56 Å². The van der Waals surface area contributed by atoms with E-state index in [1.165, 1.54) is 0 Å². The maximum Gasteiger partial charge on any atom is 0.271 e. The third-order valence-corrected chi connectivity index (χ3v) is 3.62. The van der Waals surface area contributed by atoms with Gasteiger partial charge >= 0.3 is 0 Å². The molecule has 0 aliphatic carbocycles. The molecule has 0 atom stereocenters. The molecule has 2 aromatic carbocycles. The number of nitrogens with zero attached hydrogens (tertiary/aromatic N) is 1. The Morgan fingerprint density at radius 3 is 2.68 bits per heavy atom. The normalized spacial score (nSPS) is 11.1. The minimum atomic E-state index is -0.126. The lowest BCUT2D eigenvalue weighted by Crippen LogP contribution is -2.07. The van der Waals surface area contributed by atoms with Crippen molar-refractivity contribution in [3.63, 3.8) is 0 Å². The molecule has 0 radical (unpaired) electrons. The summed E-state index contributed by atoms with van der Waals surface area (Å²) in [5.41, 5.74) is 1.59. The van der Waals surface area contributed by atoms with Crippen LogP contribution in [-0.2, 0) is 6.54 Å². The van der Waals surface area contributed by atoms with Gasteiger partial charge < -0.3 is 0 Å². The number of halogens is 2. The zero-order valence-corrected chi connectivity index (χ0v) is 11.4. The van der Waals surface area contributed by atoms with Crippen LogP contribution in [0.2, 0.25) is 10.0 Å². The van der Waals surface area contributed by atoms with Crippen molar-refractivity contribution in [1.82, 2.24) is 9.78 Å². The third-order valence-electron chi connectivity index (χ3n) is 3.02. The van der Waals surface area contributed by atoms with E-state index < -0.39 is 0 Å². The van der Waals surface area contributed by atoms with Gasteiger partial charge in [-0.05, 0) is 29.8 Å². The van der Waals surface area contributed by atoms with Gasteiger partial charge in [-0.2, -0.15) is 0 Å². The van der Waals surface area contributed by atoms with Crippen LogP contribution >= 0.6 is 23.2 Å². The van der Waals surface area contributed by atoms with Gasteiger partial charge in [0.2, 0.25) is 0 Å². The topological polar surface area (TPSA) is 37.8 Å². The molecule has 0 unspecified atom stereocenters. The van der Waals surface area contributed by atoms with Crippen molar-refractivity contribution in [1.29, 1.82) is 0 Å². The van der Waals surface area contributed by atoms with Crippen molar-refractivity contribution < 1.29 is 0 Å². The van der Waals surface area contributed by atoms with Crippen LogP contribution in [0, 0.1) is 0 Å². The first-order valence-electron chi connectivity index (χ1n) is 5.76. The summed E-state index contributed by atoms with van der Waals surface area (Å²) >= 11 is 12.1. The molecule has 0 fully saturated rings. The molecule has 0 saturated heterocycles. The van der Waals surface area contributed by atoms with Gasteiger partial charge in [0.15, 0.2) is 0 Å². The molecule has 0 spiro atoms.